The maximum atomic E-state index is 12.5. The molecule has 0 unspecified atom stereocenters. The predicted octanol–water partition coefficient (Wildman–Crippen LogP) is 2.84. The van der Waals surface area contributed by atoms with Gasteiger partial charge in [0.25, 0.3) is 0 Å². The molecular weight excluding hydrogens is 392 g/mol. The van der Waals surface area contributed by atoms with Crippen molar-refractivity contribution in [2.24, 2.45) is 4.99 Å². The van der Waals surface area contributed by atoms with Crippen molar-refractivity contribution in [1.82, 2.24) is 4.90 Å². The number of carbonyl (C=O) groups is 1. The number of amides is 1. The number of para-hydroxylation sites is 1. The summed E-state index contributed by atoms with van der Waals surface area (Å²) in [6.45, 7) is 5.93. The molecule has 2 N–H and O–H groups in total. The van der Waals surface area contributed by atoms with E-state index >= 15 is 0 Å². The Balaban J connectivity index is 1.68. The summed E-state index contributed by atoms with van der Waals surface area (Å²) >= 11 is 7.63. The van der Waals surface area contributed by atoms with Gasteiger partial charge < -0.3 is 15.1 Å². The van der Waals surface area contributed by atoms with Gasteiger partial charge >= 0.3 is 0 Å². The van der Waals surface area contributed by atoms with E-state index in [-0.39, 0.29) is 5.91 Å². The number of quaternary nitrogens is 1. The van der Waals surface area contributed by atoms with Crippen LogP contribution in [-0.2, 0) is 4.79 Å². The Hall–Kier alpha value is -2.02. The van der Waals surface area contributed by atoms with Crippen molar-refractivity contribution in [1.29, 1.82) is 0 Å². The first kappa shape index (κ1) is 20.7. The van der Waals surface area contributed by atoms with E-state index in [0.717, 1.165) is 48.3 Å². The Kier molecular flexibility index (Phi) is 7.36. The fraction of sp³-hybridized carbons (Fsp3) is 0.333. The second-order valence-electron chi connectivity index (χ2n) is 6.92. The lowest BCUT2D eigenvalue weighted by Crippen LogP contribution is -3.12. The van der Waals surface area contributed by atoms with Gasteiger partial charge in [0.05, 0.1) is 44.7 Å². The fourth-order valence-electron chi connectivity index (χ4n) is 2.95. The molecule has 7 heteroatoms. The first-order valence-corrected chi connectivity index (χ1v) is 10.8. The second-order valence-corrected chi connectivity index (χ2v) is 8.27. The Labute approximate surface area is 175 Å². The molecule has 1 fully saturated rings. The van der Waals surface area contributed by atoms with Crippen molar-refractivity contribution in [2.45, 2.75) is 6.92 Å². The van der Waals surface area contributed by atoms with Gasteiger partial charge in [0.1, 0.15) is 0 Å². The number of thioether (sulfide) groups is 1. The molecule has 0 bridgehead atoms. The van der Waals surface area contributed by atoms with Gasteiger partial charge in [-0.2, -0.15) is 0 Å². The summed E-state index contributed by atoms with van der Waals surface area (Å²) in [6.07, 6.45) is 0. The summed E-state index contributed by atoms with van der Waals surface area (Å²) in [5.41, 5.74) is 2.54. The standard InChI is InChI=1S/C21H25ClN4OS/c1-16-18(22)9-6-10-19(16)24-20(27)15-28-21(23-17-7-4-3-5-8-17)26-13-11-25(2)12-14-26/h3-10H,11-15H2,1-2H3,(H,24,27)/p+1. The third-order valence-corrected chi connectivity index (χ3v) is 6.17. The number of aliphatic imine (C=N–C) groups is 1. The van der Waals surface area contributed by atoms with Gasteiger partial charge in [-0.1, -0.05) is 47.6 Å². The van der Waals surface area contributed by atoms with Gasteiger partial charge in [0.2, 0.25) is 5.91 Å². The molecule has 3 rings (SSSR count). The summed E-state index contributed by atoms with van der Waals surface area (Å²) in [4.78, 5) is 21.1. The van der Waals surface area contributed by atoms with E-state index in [4.69, 9.17) is 16.6 Å². The second kappa shape index (κ2) is 9.96. The Morgan fingerprint density at radius 2 is 1.89 bits per heavy atom. The van der Waals surface area contributed by atoms with E-state index in [1.54, 1.807) is 0 Å². The minimum atomic E-state index is -0.0594. The molecule has 0 spiro atoms. The molecule has 1 heterocycles. The summed E-state index contributed by atoms with van der Waals surface area (Å²) in [5.74, 6) is 0.243. The van der Waals surface area contributed by atoms with E-state index in [0.29, 0.717) is 10.8 Å². The third kappa shape index (κ3) is 5.74. The van der Waals surface area contributed by atoms with Crippen LogP contribution in [0.25, 0.3) is 0 Å². The summed E-state index contributed by atoms with van der Waals surface area (Å²) < 4.78 is 0. The lowest BCUT2D eigenvalue weighted by molar-refractivity contribution is -0.883. The number of anilines is 1. The maximum absolute atomic E-state index is 12.5. The zero-order chi connectivity index (χ0) is 19.9. The lowest BCUT2D eigenvalue weighted by Gasteiger charge is -2.32. The SMILES string of the molecule is Cc1c(Cl)cccc1NC(=O)CSC(=Nc1ccccc1)N1CC[NH+](C)CC1. The number of nitrogens with one attached hydrogen (secondary N) is 2. The lowest BCUT2D eigenvalue weighted by atomic mass is 10.2. The highest BCUT2D eigenvalue weighted by molar-refractivity contribution is 8.14. The summed E-state index contributed by atoms with van der Waals surface area (Å²) in [6, 6.07) is 15.4. The van der Waals surface area contributed by atoms with E-state index in [2.05, 4.69) is 17.3 Å². The molecule has 148 valence electrons. The molecule has 28 heavy (non-hydrogen) atoms. The normalized spacial score (nSPS) is 15.5. The molecule has 0 atom stereocenters. The highest BCUT2D eigenvalue weighted by Crippen LogP contribution is 2.23. The minimum Gasteiger partial charge on any atom is -0.340 e. The van der Waals surface area contributed by atoms with Crippen molar-refractivity contribution in [3.63, 3.8) is 0 Å². The predicted molar refractivity (Wildman–Crippen MR) is 119 cm³/mol. The Morgan fingerprint density at radius 1 is 1.18 bits per heavy atom. The Morgan fingerprint density at radius 3 is 2.61 bits per heavy atom. The molecule has 0 radical (unpaired) electrons. The average Bonchev–Trinajstić information content (AvgIpc) is 2.70. The summed E-state index contributed by atoms with van der Waals surface area (Å²) in [7, 11) is 2.21. The van der Waals surface area contributed by atoms with E-state index in [9.17, 15) is 4.79 Å². The van der Waals surface area contributed by atoms with Crippen LogP contribution in [0, 0.1) is 6.92 Å². The van der Waals surface area contributed by atoms with Gasteiger partial charge in [-0.05, 0) is 36.8 Å². The number of piperazine rings is 1. The topological polar surface area (TPSA) is 49.1 Å². The Bertz CT molecular complexity index is 836. The molecule has 5 nitrogen and oxygen atoms in total. The number of benzene rings is 2. The molecule has 1 aliphatic rings. The van der Waals surface area contributed by atoms with Crippen LogP contribution in [0.1, 0.15) is 5.56 Å². The largest absolute Gasteiger partial charge is 0.340 e. The van der Waals surface area contributed by atoms with Crippen LogP contribution in [0.15, 0.2) is 53.5 Å². The monoisotopic (exact) mass is 417 g/mol. The number of likely N-dealkylation sites (N-methyl/N-ethyl adjacent to an activating group) is 1. The molecule has 0 aliphatic carbocycles. The molecule has 0 saturated carbocycles. The van der Waals surface area contributed by atoms with Crippen LogP contribution in [0.2, 0.25) is 5.02 Å². The van der Waals surface area contributed by atoms with Crippen LogP contribution in [0.3, 0.4) is 0 Å². The fourth-order valence-corrected chi connectivity index (χ4v) is 3.99. The zero-order valence-corrected chi connectivity index (χ0v) is 17.8. The van der Waals surface area contributed by atoms with Crippen molar-refractivity contribution in [3.8, 4) is 0 Å². The smallest absolute Gasteiger partial charge is 0.234 e. The van der Waals surface area contributed by atoms with Crippen molar-refractivity contribution in [2.75, 3.05) is 44.3 Å². The third-order valence-electron chi connectivity index (χ3n) is 4.74. The molecule has 1 aliphatic heterocycles. The van der Waals surface area contributed by atoms with E-state index in [1.807, 2.05) is 55.5 Å². The molecule has 2 aromatic rings. The molecule has 1 saturated heterocycles. The van der Waals surface area contributed by atoms with Crippen LogP contribution in [-0.4, -0.2) is 55.0 Å². The van der Waals surface area contributed by atoms with Crippen LogP contribution in [0.4, 0.5) is 11.4 Å². The number of rotatable bonds is 4. The molecule has 2 aromatic carbocycles. The van der Waals surface area contributed by atoms with Gasteiger partial charge in [-0.3, -0.25) is 4.79 Å². The van der Waals surface area contributed by atoms with Gasteiger partial charge in [-0.15, -0.1) is 0 Å². The zero-order valence-electron chi connectivity index (χ0n) is 16.2. The van der Waals surface area contributed by atoms with Gasteiger partial charge in [0.15, 0.2) is 5.17 Å². The van der Waals surface area contributed by atoms with Crippen LogP contribution < -0.4 is 10.2 Å². The number of hydrogen-bond acceptors (Lipinski definition) is 3. The number of carbonyl (C=O) groups excluding carboxylic acids is 1. The number of amidine groups is 1. The highest BCUT2D eigenvalue weighted by Gasteiger charge is 2.21. The van der Waals surface area contributed by atoms with Crippen LogP contribution in [0.5, 0.6) is 0 Å². The van der Waals surface area contributed by atoms with Crippen molar-refractivity contribution >= 4 is 45.8 Å². The molecule has 0 aromatic heterocycles. The van der Waals surface area contributed by atoms with Crippen LogP contribution >= 0.6 is 23.4 Å². The van der Waals surface area contributed by atoms with Crippen molar-refractivity contribution < 1.29 is 9.69 Å². The van der Waals surface area contributed by atoms with E-state index < -0.39 is 0 Å². The van der Waals surface area contributed by atoms with Gasteiger partial charge in [-0.25, -0.2) is 4.99 Å². The highest BCUT2D eigenvalue weighted by atomic mass is 35.5. The first-order chi connectivity index (χ1) is 13.5. The van der Waals surface area contributed by atoms with E-state index in [1.165, 1.54) is 16.7 Å². The van der Waals surface area contributed by atoms with Gasteiger partial charge in [0, 0.05) is 10.7 Å². The van der Waals surface area contributed by atoms with Crippen molar-refractivity contribution in [3.05, 3.63) is 59.1 Å². The summed E-state index contributed by atoms with van der Waals surface area (Å²) in [5, 5.41) is 4.51. The minimum absolute atomic E-state index is 0.0594. The quantitative estimate of drug-likeness (QED) is 0.594. The molecule has 1 amide bonds. The molecular formula is C21H26ClN4OS+. The maximum Gasteiger partial charge on any atom is 0.234 e. The number of nitrogens with zero attached hydrogens (tertiary/aromatic N) is 2. The number of halogens is 1. The first-order valence-electron chi connectivity index (χ1n) is 9.40. The number of hydrogen-bond donors (Lipinski definition) is 2. The average molecular weight is 418 g/mol.